The van der Waals surface area contributed by atoms with Gasteiger partial charge in [0.2, 0.25) is 5.95 Å². The Morgan fingerprint density at radius 2 is 2.20 bits per heavy atom. The minimum atomic E-state index is -0.457. The van der Waals surface area contributed by atoms with Crippen molar-refractivity contribution in [3.05, 3.63) is 25.1 Å². The van der Waals surface area contributed by atoms with Gasteiger partial charge in [0.05, 0.1) is 10.4 Å². The molecule has 0 saturated carbocycles. The lowest BCUT2D eigenvalue weighted by molar-refractivity contribution is -0.384. The largest absolute Gasteiger partial charge is 0.356 e. The molecule has 1 aromatic heterocycles. The standard InChI is InChI=1S/C10H11Br2N5O2.ClH/c11-5-4-6-8(9(7(5)12)17(18)19)16-10(15-6)14-3-1-2-13;/h4H,1-3,13H2,(H2,14,15,16);1H. The van der Waals surface area contributed by atoms with Gasteiger partial charge in [-0.15, -0.1) is 12.4 Å². The van der Waals surface area contributed by atoms with Gasteiger partial charge < -0.3 is 16.0 Å². The molecule has 1 aromatic carbocycles. The van der Waals surface area contributed by atoms with Crippen LogP contribution in [0.4, 0.5) is 11.6 Å². The van der Waals surface area contributed by atoms with Crippen LogP contribution in [0.15, 0.2) is 15.0 Å². The maximum atomic E-state index is 11.1. The summed E-state index contributed by atoms with van der Waals surface area (Å²) >= 11 is 6.47. The number of nitro groups is 1. The summed E-state index contributed by atoms with van der Waals surface area (Å²) in [6, 6.07) is 1.74. The van der Waals surface area contributed by atoms with Gasteiger partial charge in [-0.05, 0) is 50.9 Å². The Hall–Kier alpha value is -0.900. The highest BCUT2D eigenvalue weighted by molar-refractivity contribution is 9.13. The number of halogens is 3. The fourth-order valence-electron chi connectivity index (χ4n) is 1.64. The number of nitrogens with one attached hydrogen (secondary N) is 2. The molecule has 0 amide bonds. The summed E-state index contributed by atoms with van der Waals surface area (Å²) < 4.78 is 0.980. The minimum absolute atomic E-state index is 0. The van der Waals surface area contributed by atoms with Gasteiger partial charge in [0, 0.05) is 11.0 Å². The molecule has 1 heterocycles. The zero-order valence-corrected chi connectivity index (χ0v) is 14.1. The van der Waals surface area contributed by atoms with Crippen LogP contribution in [0.1, 0.15) is 6.42 Å². The van der Waals surface area contributed by atoms with Crippen molar-refractivity contribution in [2.75, 3.05) is 18.4 Å². The summed E-state index contributed by atoms with van der Waals surface area (Å²) in [5.74, 6) is 0.497. The van der Waals surface area contributed by atoms with Crippen LogP contribution < -0.4 is 11.1 Å². The molecule has 0 atom stereocenters. The number of hydrogen-bond acceptors (Lipinski definition) is 5. The molecule has 2 aromatic rings. The van der Waals surface area contributed by atoms with Gasteiger partial charge in [-0.3, -0.25) is 10.1 Å². The first kappa shape index (κ1) is 17.2. The normalized spacial score (nSPS) is 10.3. The second-order valence-electron chi connectivity index (χ2n) is 3.83. The second kappa shape index (κ2) is 7.21. The van der Waals surface area contributed by atoms with Crippen molar-refractivity contribution in [1.82, 2.24) is 9.97 Å². The van der Waals surface area contributed by atoms with E-state index in [1.54, 1.807) is 6.07 Å². The monoisotopic (exact) mass is 427 g/mol. The van der Waals surface area contributed by atoms with E-state index in [2.05, 4.69) is 47.1 Å². The van der Waals surface area contributed by atoms with Crippen LogP contribution in [0.25, 0.3) is 11.0 Å². The van der Waals surface area contributed by atoms with Crippen LogP contribution >= 0.6 is 44.3 Å². The summed E-state index contributed by atoms with van der Waals surface area (Å²) in [7, 11) is 0. The number of fused-ring (bicyclic) bond motifs is 1. The van der Waals surface area contributed by atoms with Crippen molar-refractivity contribution < 1.29 is 4.92 Å². The highest BCUT2D eigenvalue weighted by atomic mass is 79.9. The summed E-state index contributed by atoms with van der Waals surface area (Å²) in [6.45, 7) is 1.23. The van der Waals surface area contributed by atoms with Gasteiger partial charge in [0.15, 0.2) is 5.52 Å². The Bertz CT molecular complexity index is 634. The van der Waals surface area contributed by atoms with Crippen LogP contribution in [-0.4, -0.2) is 28.0 Å². The van der Waals surface area contributed by atoms with E-state index >= 15 is 0 Å². The third-order valence-corrected chi connectivity index (χ3v) is 4.46. The number of nitrogens with zero attached hydrogens (tertiary/aromatic N) is 2. The van der Waals surface area contributed by atoms with Crippen molar-refractivity contribution in [1.29, 1.82) is 0 Å². The molecule has 0 aliphatic rings. The van der Waals surface area contributed by atoms with E-state index in [4.69, 9.17) is 5.73 Å². The average molecular weight is 430 g/mol. The third-order valence-electron chi connectivity index (χ3n) is 2.50. The highest BCUT2D eigenvalue weighted by Gasteiger charge is 2.23. The van der Waals surface area contributed by atoms with Crippen molar-refractivity contribution in [2.24, 2.45) is 5.73 Å². The molecular weight excluding hydrogens is 417 g/mol. The topological polar surface area (TPSA) is 110 Å². The second-order valence-corrected chi connectivity index (χ2v) is 5.48. The molecule has 0 spiro atoms. The van der Waals surface area contributed by atoms with Gasteiger partial charge in [-0.1, -0.05) is 0 Å². The lowest BCUT2D eigenvalue weighted by Crippen LogP contribution is -2.09. The van der Waals surface area contributed by atoms with Crippen LogP contribution in [0.5, 0.6) is 0 Å². The number of benzene rings is 1. The minimum Gasteiger partial charge on any atom is -0.356 e. The molecule has 0 fully saturated rings. The summed E-state index contributed by atoms with van der Waals surface area (Å²) in [6.07, 6.45) is 0.798. The average Bonchev–Trinajstić information content (AvgIpc) is 2.72. The number of nitrogens with two attached hydrogens (primary N) is 1. The molecule has 20 heavy (non-hydrogen) atoms. The Morgan fingerprint density at radius 1 is 1.50 bits per heavy atom. The SMILES string of the molecule is Cl.NCCCNc1nc2c([N+](=O)[O-])c(Br)c(Br)cc2[nH]1. The smallest absolute Gasteiger partial charge is 0.312 e. The number of hydrogen-bond donors (Lipinski definition) is 3. The molecule has 0 radical (unpaired) electrons. The number of nitro benzene ring substituents is 1. The molecule has 7 nitrogen and oxygen atoms in total. The van der Waals surface area contributed by atoms with Gasteiger partial charge in [0.1, 0.15) is 4.47 Å². The van der Waals surface area contributed by atoms with E-state index in [1.807, 2.05) is 0 Å². The lowest BCUT2D eigenvalue weighted by atomic mass is 10.3. The van der Waals surface area contributed by atoms with Crippen LogP contribution in [0.3, 0.4) is 0 Å². The molecular formula is C10H12Br2ClN5O2. The molecule has 0 unspecified atom stereocenters. The number of anilines is 1. The first-order chi connectivity index (χ1) is 9.04. The number of aromatic amines is 1. The summed E-state index contributed by atoms with van der Waals surface area (Å²) in [4.78, 5) is 17.9. The van der Waals surface area contributed by atoms with Crippen molar-refractivity contribution in [3.8, 4) is 0 Å². The van der Waals surface area contributed by atoms with Crippen molar-refractivity contribution >= 4 is 66.9 Å². The quantitative estimate of drug-likeness (QED) is 0.384. The van der Waals surface area contributed by atoms with Crippen molar-refractivity contribution in [3.63, 3.8) is 0 Å². The third kappa shape index (κ3) is 3.40. The van der Waals surface area contributed by atoms with E-state index in [-0.39, 0.29) is 18.1 Å². The Kier molecular flexibility index (Phi) is 6.18. The molecule has 2 rings (SSSR count). The van der Waals surface area contributed by atoms with Gasteiger partial charge in [0.25, 0.3) is 0 Å². The number of rotatable bonds is 5. The molecule has 0 saturated heterocycles. The van der Waals surface area contributed by atoms with E-state index < -0.39 is 4.92 Å². The predicted octanol–water partition coefficient (Wildman–Crippen LogP) is 3.18. The molecule has 110 valence electrons. The number of aromatic nitrogens is 2. The van der Waals surface area contributed by atoms with Gasteiger partial charge in [-0.2, -0.15) is 0 Å². The zero-order valence-electron chi connectivity index (χ0n) is 10.2. The fourth-order valence-corrected chi connectivity index (χ4v) is 2.50. The van der Waals surface area contributed by atoms with Gasteiger partial charge >= 0.3 is 5.69 Å². The van der Waals surface area contributed by atoms with Crippen LogP contribution in [0, 0.1) is 10.1 Å². The lowest BCUT2D eigenvalue weighted by Gasteiger charge is -1.98. The first-order valence-electron chi connectivity index (χ1n) is 5.50. The fraction of sp³-hybridized carbons (Fsp3) is 0.300. The molecule has 0 bridgehead atoms. The van der Waals surface area contributed by atoms with Crippen LogP contribution in [0.2, 0.25) is 0 Å². The zero-order chi connectivity index (χ0) is 14.0. The maximum Gasteiger partial charge on any atom is 0.312 e. The van der Waals surface area contributed by atoms with E-state index in [0.29, 0.717) is 39.0 Å². The van der Waals surface area contributed by atoms with E-state index in [9.17, 15) is 10.1 Å². The summed E-state index contributed by atoms with van der Waals surface area (Å²) in [5, 5.41) is 14.2. The van der Waals surface area contributed by atoms with Crippen LogP contribution in [-0.2, 0) is 0 Å². The van der Waals surface area contributed by atoms with E-state index in [1.165, 1.54) is 0 Å². The Labute approximate surface area is 137 Å². The summed E-state index contributed by atoms with van der Waals surface area (Å²) in [5.41, 5.74) is 6.25. The molecule has 10 heteroatoms. The van der Waals surface area contributed by atoms with Crippen molar-refractivity contribution in [2.45, 2.75) is 6.42 Å². The first-order valence-corrected chi connectivity index (χ1v) is 7.09. The Balaban J connectivity index is 0.00000200. The molecule has 0 aliphatic carbocycles. The predicted molar refractivity (Wildman–Crippen MR) is 87.6 cm³/mol. The Morgan fingerprint density at radius 3 is 2.80 bits per heavy atom. The maximum absolute atomic E-state index is 11.1. The highest BCUT2D eigenvalue weighted by Crippen LogP contribution is 2.38. The van der Waals surface area contributed by atoms with Gasteiger partial charge in [-0.25, -0.2) is 4.98 Å². The molecule has 0 aliphatic heterocycles. The molecule has 4 N–H and O–H groups in total. The number of imidazole rings is 1. The van der Waals surface area contributed by atoms with E-state index in [0.717, 1.165) is 6.42 Å². The number of H-pyrrole nitrogens is 1.